The van der Waals surface area contributed by atoms with Crippen molar-refractivity contribution in [1.29, 1.82) is 0 Å². The van der Waals surface area contributed by atoms with Crippen LogP contribution in [0.4, 0.5) is 0 Å². The first-order valence-electron chi connectivity index (χ1n) is 12.0. The molecular weight excluding hydrogens is 376 g/mol. The summed E-state index contributed by atoms with van der Waals surface area (Å²) in [6.07, 6.45) is 18.3. The summed E-state index contributed by atoms with van der Waals surface area (Å²) in [5, 5.41) is 7.86. The van der Waals surface area contributed by atoms with Gasteiger partial charge in [-0.3, -0.25) is 9.59 Å². The lowest BCUT2D eigenvalue weighted by Gasteiger charge is -2.04. The standard InChI is InChI=1S/C24H46N4O2/c1-21(2)25-27-23(29)19-17-15-13-11-9-7-5-6-8-10-12-14-16-18-20-24(30)28-26-22(3)4/h5-20H2,1-4H3,(H,27,29)(H,28,30). The van der Waals surface area contributed by atoms with Gasteiger partial charge in [0.25, 0.3) is 0 Å². The second-order valence-corrected chi connectivity index (χ2v) is 8.64. The topological polar surface area (TPSA) is 82.9 Å². The molecule has 0 aliphatic heterocycles. The van der Waals surface area contributed by atoms with Gasteiger partial charge in [0.1, 0.15) is 0 Å². The Morgan fingerprint density at radius 2 is 0.700 bits per heavy atom. The molecule has 0 unspecified atom stereocenters. The van der Waals surface area contributed by atoms with E-state index in [0.717, 1.165) is 37.1 Å². The SMILES string of the molecule is CC(C)=NNC(=O)CCCCCCCCCCCCCCCCC(=O)NN=C(C)C. The van der Waals surface area contributed by atoms with Crippen LogP contribution in [0.15, 0.2) is 10.2 Å². The van der Waals surface area contributed by atoms with Crippen LogP contribution in [-0.4, -0.2) is 23.2 Å². The number of rotatable bonds is 19. The summed E-state index contributed by atoms with van der Waals surface area (Å²) in [4.78, 5) is 23.0. The maximum absolute atomic E-state index is 11.5. The fraction of sp³-hybridized carbons (Fsp3) is 0.833. The molecule has 2 amide bonds. The minimum atomic E-state index is 0.0264. The predicted octanol–water partition coefficient (Wildman–Crippen LogP) is 6.25. The number of hydrazone groups is 2. The smallest absolute Gasteiger partial charge is 0.240 e. The Hall–Kier alpha value is -1.72. The van der Waals surface area contributed by atoms with E-state index in [0.29, 0.717) is 12.8 Å². The summed E-state index contributed by atoms with van der Waals surface area (Å²) < 4.78 is 0. The van der Waals surface area contributed by atoms with Crippen LogP contribution < -0.4 is 10.9 Å². The summed E-state index contributed by atoms with van der Waals surface area (Å²) in [5.74, 6) is 0.0527. The molecule has 0 radical (unpaired) electrons. The van der Waals surface area contributed by atoms with Crippen LogP contribution in [0.1, 0.15) is 130 Å². The second kappa shape index (κ2) is 20.5. The molecule has 2 N–H and O–H groups in total. The van der Waals surface area contributed by atoms with Crippen LogP contribution in [-0.2, 0) is 9.59 Å². The van der Waals surface area contributed by atoms with Crippen molar-refractivity contribution in [2.24, 2.45) is 10.2 Å². The quantitative estimate of drug-likeness (QED) is 0.146. The van der Waals surface area contributed by atoms with Crippen LogP contribution in [0, 0.1) is 0 Å². The molecule has 174 valence electrons. The Morgan fingerprint density at radius 3 is 0.933 bits per heavy atom. The Kier molecular flexibility index (Phi) is 19.4. The first kappa shape index (κ1) is 28.3. The number of nitrogens with zero attached hydrogens (tertiary/aromatic N) is 2. The van der Waals surface area contributed by atoms with Gasteiger partial charge >= 0.3 is 0 Å². The Bertz CT molecular complexity index is 461. The van der Waals surface area contributed by atoms with Gasteiger partial charge in [0.05, 0.1) is 0 Å². The number of unbranched alkanes of at least 4 members (excludes halogenated alkanes) is 13. The van der Waals surface area contributed by atoms with Crippen LogP contribution in [0.3, 0.4) is 0 Å². The molecule has 0 spiro atoms. The van der Waals surface area contributed by atoms with E-state index in [-0.39, 0.29) is 11.8 Å². The number of amides is 2. The van der Waals surface area contributed by atoms with Gasteiger partial charge < -0.3 is 0 Å². The van der Waals surface area contributed by atoms with Crippen molar-refractivity contribution < 1.29 is 9.59 Å². The zero-order valence-corrected chi connectivity index (χ0v) is 20.0. The Morgan fingerprint density at radius 1 is 0.467 bits per heavy atom. The van der Waals surface area contributed by atoms with Gasteiger partial charge in [-0.05, 0) is 40.5 Å². The number of hydrogen-bond donors (Lipinski definition) is 2. The first-order chi connectivity index (χ1) is 14.4. The van der Waals surface area contributed by atoms with E-state index in [9.17, 15) is 9.59 Å². The molecule has 0 aromatic rings. The minimum Gasteiger partial charge on any atom is -0.273 e. The average Bonchev–Trinajstić information content (AvgIpc) is 2.70. The van der Waals surface area contributed by atoms with Crippen LogP contribution in [0.5, 0.6) is 0 Å². The normalized spacial score (nSPS) is 10.4. The summed E-state index contributed by atoms with van der Waals surface area (Å²) in [6.45, 7) is 7.49. The predicted molar refractivity (Wildman–Crippen MR) is 128 cm³/mol. The molecule has 0 saturated carbocycles. The molecule has 0 heterocycles. The van der Waals surface area contributed by atoms with Gasteiger partial charge in [-0.15, -0.1) is 0 Å². The fourth-order valence-corrected chi connectivity index (χ4v) is 3.15. The van der Waals surface area contributed by atoms with Crippen molar-refractivity contribution in [1.82, 2.24) is 10.9 Å². The molecule has 0 bridgehead atoms. The molecule has 0 aromatic carbocycles. The number of carbonyl (C=O) groups is 2. The molecule has 0 aliphatic rings. The van der Waals surface area contributed by atoms with E-state index in [1.165, 1.54) is 64.2 Å². The fourth-order valence-electron chi connectivity index (χ4n) is 3.15. The highest BCUT2D eigenvalue weighted by Crippen LogP contribution is 2.13. The summed E-state index contributed by atoms with van der Waals surface area (Å²) in [5.41, 5.74) is 6.89. The Balaban J connectivity index is 3.23. The molecule has 0 rings (SSSR count). The van der Waals surface area contributed by atoms with E-state index in [1.807, 2.05) is 27.7 Å². The van der Waals surface area contributed by atoms with Crippen molar-refractivity contribution in [3.8, 4) is 0 Å². The largest absolute Gasteiger partial charge is 0.273 e. The molecule has 0 aliphatic carbocycles. The summed E-state index contributed by atoms with van der Waals surface area (Å²) >= 11 is 0. The summed E-state index contributed by atoms with van der Waals surface area (Å²) in [6, 6.07) is 0. The van der Waals surface area contributed by atoms with Gasteiger partial charge in [-0.1, -0.05) is 77.0 Å². The molecule has 30 heavy (non-hydrogen) atoms. The lowest BCUT2D eigenvalue weighted by atomic mass is 10.0. The van der Waals surface area contributed by atoms with Gasteiger partial charge in [0, 0.05) is 24.3 Å². The third-order valence-electron chi connectivity index (χ3n) is 4.87. The van der Waals surface area contributed by atoms with Crippen molar-refractivity contribution in [2.45, 2.75) is 130 Å². The molecule has 0 saturated heterocycles. The molecule has 0 atom stereocenters. The second-order valence-electron chi connectivity index (χ2n) is 8.64. The zero-order chi connectivity index (χ0) is 22.5. The van der Waals surface area contributed by atoms with Crippen molar-refractivity contribution >= 4 is 23.2 Å². The van der Waals surface area contributed by atoms with E-state index in [2.05, 4.69) is 21.1 Å². The molecule has 6 heteroatoms. The zero-order valence-electron chi connectivity index (χ0n) is 20.0. The third-order valence-corrected chi connectivity index (χ3v) is 4.87. The highest BCUT2D eigenvalue weighted by Gasteiger charge is 2.01. The van der Waals surface area contributed by atoms with Gasteiger partial charge in [0.15, 0.2) is 0 Å². The van der Waals surface area contributed by atoms with Crippen LogP contribution >= 0.6 is 0 Å². The van der Waals surface area contributed by atoms with Gasteiger partial charge in [0.2, 0.25) is 11.8 Å². The van der Waals surface area contributed by atoms with E-state index in [4.69, 9.17) is 0 Å². The molecule has 0 aromatic heterocycles. The van der Waals surface area contributed by atoms with E-state index >= 15 is 0 Å². The highest BCUT2D eigenvalue weighted by atomic mass is 16.2. The molecule has 6 nitrogen and oxygen atoms in total. The number of nitrogens with one attached hydrogen (secondary N) is 2. The third kappa shape index (κ3) is 22.6. The van der Waals surface area contributed by atoms with Gasteiger partial charge in [-0.25, -0.2) is 10.9 Å². The molecule has 0 fully saturated rings. The number of carbonyl (C=O) groups excluding carboxylic acids is 2. The summed E-state index contributed by atoms with van der Waals surface area (Å²) in [7, 11) is 0. The molecular formula is C24H46N4O2. The average molecular weight is 423 g/mol. The monoisotopic (exact) mass is 422 g/mol. The van der Waals surface area contributed by atoms with Crippen LogP contribution in [0.2, 0.25) is 0 Å². The maximum Gasteiger partial charge on any atom is 0.240 e. The Labute approximate surface area is 184 Å². The van der Waals surface area contributed by atoms with Crippen LogP contribution in [0.25, 0.3) is 0 Å². The van der Waals surface area contributed by atoms with Crippen molar-refractivity contribution in [3.63, 3.8) is 0 Å². The van der Waals surface area contributed by atoms with Crippen molar-refractivity contribution in [3.05, 3.63) is 0 Å². The lowest BCUT2D eigenvalue weighted by molar-refractivity contribution is -0.122. The first-order valence-corrected chi connectivity index (χ1v) is 12.0. The van der Waals surface area contributed by atoms with Gasteiger partial charge in [-0.2, -0.15) is 10.2 Å². The maximum atomic E-state index is 11.5. The van der Waals surface area contributed by atoms with E-state index in [1.54, 1.807) is 0 Å². The highest BCUT2D eigenvalue weighted by molar-refractivity contribution is 5.82. The van der Waals surface area contributed by atoms with E-state index < -0.39 is 0 Å². The minimum absolute atomic E-state index is 0.0264. The lowest BCUT2D eigenvalue weighted by Crippen LogP contribution is -2.17. The van der Waals surface area contributed by atoms with Crippen molar-refractivity contribution in [2.75, 3.05) is 0 Å². The number of hydrogen-bond acceptors (Lipinski definition) is 4.